The van der Waals surface area contributed by atoms with Crippen LogP contribution in [0.2, 0.25) is 0 Å². The molecule has 1 saturated carbocycles. The minimum absolute atomic E-state index is 0.134. The van der Waals surface area contributed by atoms with Gasteiger partial charge < -0.3 is 5.11 Å². The van der Waals surface area contributed by atoms with Crippen LogP contribution in [0, 0.1) is 19.8 Å². The second-order valence-electron chi connectivity index (χ2n) is 7.72. The molecule has 1 aliphatic carbocycles. The summed E-state index contributed by atoms with van der Waals surface area (Å²) in [5, 5.41) is 21.3. The fourth-order valence-electron chi connectivity index (χ4n) is 4.20. The number of alkyl halides is 3. The van der Waals surface area contributed by atoms with E-state index in [-0.39, 0.29) is 22.8 Å². The summed E-state index contributed by atoms with van der Waals surface area (Å²) in [6.07, 6.45) is -3.33. The zero-order valence-corrected chi connectivity index (χ0v) is 16.0. The molecule has 0 saturated heterocycles. The SMILES string of the molecule is Cc1ccc(-c2cc(C(=O)N3N=C4CCCC[C@@H]4[C@]3(O)C(F)(F)F)[nH]n2)c(C)c1. The summed E-state index contributed by atoms with van der Waals surface area (Å²) in [7, 11) is 0. The Bertz CT molecular complexity index is 998. The van der Waals surface area contributed by atoms with Crippen LogP contribution in [0.1, 0.15) is 47.3 Å². The molecule has 1 aromatic heterocycles. The van der Waals surface area contributed by atoms with Crippen molar-refractivity contribution in [2.24, 2.45) is 11.0 Å². The highest BCUT2D eigenvalue weighted by Crippen LogP contribution is 2.48. The molecule has 4 rings (SSSR count). The molecule has 0 radical (unpaired) electrons. The maximum atomic E-state index is 13.9. The van der Waals surface area contributed by atoms with Crippen LogP contribution >= 0.6 is 0 Å². The lowest BCUT2D eigenvalue weighted by molar-refractivity contribution is -0.312. The molecule has 1 fully saturated rings. The third-order valence-electron chi connectivity index (χ3n) is 5.69. The van der Waals surface area contributed by atoms with Crippen LogP contribution in [0.5, 0.6) is 0 Å². The lowest BCUT2D eigenvalue weighted by Crippen LogP contribution is -2.61. The second kappa shape index (κ2) is 6.69. The first-order valence-corrected chi connectivity index (χ1v) is 9.47. The molecule has 29 heavy (non-hydrogen) atoms. The number of carbonyl (C=O) groups is 1. The Morgan fingerprint density at radius 3 is 2.72 bits per heavy atom. The highest BCUT2D eigenvalue weighted by Gasteiger charge is 2.68. The van der Waals surface area contributed by atoms with Gasteiger partial charge in [-0.1, -0.05) is 30.2 Å². The molecule has 2 atom stereocenters. The number of amides is 1. The summed E-state index contributed by atoms with van der Waals surface area (Å²) < 4.78 is 41.6. The molecular formula is C20H21F3N4O2. The smallest absolute Gasteiger partial charge is 0.362 e. The summed E-state index contributed by atoms with van der Waals surface area (Å²) in [5.74, 6) is -2.29. The van der Waals surface area contributed by atoms with Crippen LogP contribution in [0.25, 0.3) is 11.3 Å². The first kappa shape index (κ1) is 19.6. The fourth-order valence-corrected chi connectivity index (χ4v) is 4.20. The zero-order chi connectivity index (χ0) is 21.0. The van der Waals surface area contributed by atoms with Gasteiger partial charge in [0.25, 0.3) is 11.6 Å². The number of fused-ring (bicyclic) bond motifs is 1. The van der Waals surface area contributed by atoms with Gasteiger partial charge in [0.15, 0.2) is 0 Å². The van der Waals surface area contributed by atoms with Gasteiger partial charge in [0.1, 0.15) is 5.69 Å². The summed E-state index contributed by atoms with van der Waals surface area (Å²) in [5.41, 5.74) is -0.1000. The number of halogens is 3. The Hall–Kier alpha value is -2.68. The van der Waals surface area contributed by atoms with Crippen molar-refractivity contribution in [3.63, 3.8) is 0 Å². The van der Waals surface area contributed by atoms with Gasteiger partial charge in [0.2, 0.25) is 0 Å². The third kappa shape index (κ3) is 3.04. The number of aromatic amines is 1. The van der Waals surface area contributed by atoms with Crippen molar-refractivity contribution in [2.45, 2.75) is 51.4 Å². The molecule has 0 spiro atoms. The molecule has 6 nitrogen and oxygen atoms in total. The average Bonchev–Trinajstić information content (AvgIpc) is 3.25. The highest BCUT2D eigenvalue weighted by atomic mass is 19.4. The summed E-state index contributed by atoms with van der Waals surface area (Å²) in [4.78, 5) is 12.9. The Labute approximate surface area is 165 Å². The minimum atomic E-state index is -5.04. The van der Waals surface area contributed by atoms with Crippen LogP contribution in [-0.4, -0.2) is 43.8 Å². The summed E-state index contributed by atoms with van der Waals surface area (Å²) >= 11 is 0. The van der Waals surface area contributed by atoms with E-state index in [1.807, 2.05) is 32.0 Å². The maximum Gasteiger partial charge on any atom is 0.439 e. The number of nitrogens with one attached hydrogen (secondary N) is 1. The highest BCUT2D eigenvalue weighted by molar-refractivity contribution is 5.99. The first-order valence-electron chi connectivity index (χ1n) is 9.47. The number of H-pyrrole nitrogens is 1. The van der Waals surface area contributed by atoms with Crippen molar-refractivity contribution in [2.75, 3.05) is 0 Å². The number of nitrogens with zero attached hydrogens (tertiary/aromatic N) is 3. The molecule has 0 bridgehead atoms. The van der Waals surface area contributed by atoms with Gasteiger partial charge in [-0.2, -0.15) is 28.4 Å². The van der Waals surface area contributed by atoms with Gasteiger partial charge in [0.05, 0.1) is 11.6 Å². The predicted molar refractivity (Wildman–Crippen MR) is 100 cm³/mol. The van der Waals surface area contributed by atoms with Crippen LogP contribution in [0.15, 0.2) is 29.4 Å². The van der Waals surface area contributed by atoms with Crippen LogP contribution in [0.4, 0.5) is 13.2 Å². The Balaban J connectivity index is 1.70. The Morgan fingerprint density at radius 2 is 2.03 bits per heavy atom. The third-order valence-corrected chi connectivity index (χ3v) is 5.69. The van der Waals surface area contributed by atoms with E-state index in [0.29, 0.717) is 25.0 Å². The monoisotopic (exact) mass is 406 g/mol. The molecule has 2 aliphatic rings. The van der Waals surface area contributed by atoms with E-state index >= 15 is 0 Å². The lowest BCUT2D eigenvalue weighted by atomic mass is 9.80. The van der Waals surface area contributed by atoms with Gasteiger partial charge >= 0.3 is 6.18 Å². The molecule has 154 valence electrons. The van der Waals surface area contributed by atoms with Crippen molar-refractivity contribution >= 4 is 11.6 Å². The van der Waals surface area contributed by atoms with Crippen molar-refractivity contribution < 1.29 is 23.1 Å². The quantitative estimate of drug-likeness (QED) is 0.793. The zero-order valence-electron chi connectivity index (χ0n) is 16.0. The lowest BCUT2D eigenvalue weighted by Gasteiger charge is -2.37. The normalized spacial score (nSPS) is 24.4. The predicted octanol–water partition coefficient (Wildman–Crippen LogP) is 3.95. The molecule has 2 N–H and O–H groups in total. The molecule has 9 heteroatoms. The van der Waals surface area contributed by atoms with Gasteiger partial charge in [-0.3, -0.25) is 9.89 Å². The van der Waals surface area contributed by atoms with E-state index < -0.39 is 23.7 Å². The number of hydrazone groups is 1. The van der Waals surface area contributed by atoms with Gasteiger partial charge in [-0.25, -0.2) is 0 Å². The van der Waals surface area contributed by atoms with Crippen LogP contribution in [0.3, 0.4) is 0 Å². The maximum absolute atomic E-state index is 13.9. The fraction of sp³-hybridized carbons (Fsp3) is 0.450. The van der Waals surface area contributed by atoms with E-state index in [2.05, 4.69) is 15.3 Å². The average molecular weight is 406 g/mol. The van der Waals surface area contributed by atoms with E-state index in [4.69, 9.17) is 0 Å². The number of carbonyl (C=O) groups excluding carboxylic acids is 1. The number of aromatic nitrogens is 2. The standard InChI is InChI=1S/C20H21F3N4O2/c1-11-7-8-13(12(2)9-11)16-10-17(25-24-16)18(28)27-19(29,20(21,22)23)14-5-3-4-6-15(14)26-27/h7-10,14,29H,3-6H2,1-2H3,(H,24,25)/t14-,19-/m0/s1. The number of aliphatic hydroxyl groups is 1. The molecule has 2 heterocycles. The van der Waals surface area contributed by atoms with E-state index in [1.54, 1.807) is 0 Å². The summed E-state index contributed by atoms with van der Waals surface area (Å²) in [6.45, 7) is 3.83. The number of aryl methyl sites for hydroxylation is 2. The number of rotatable bonds is 2. The van der Waals surface area contributed by atoms with Gasteiger partial charge in [0, 0.05) is 11.3 Å². The molecule has 1 aliphatic heterocycles. The molecule has 0 unspecified atom stereocenters. The molecule has 1 aromatic carbocycles. The van der Waals surface area contributed by atoms with E-state index in [9.17, 15) is 23.1 Å². The molecular weight excluding hydrogens is 385 g/mol. The minimum Gasteiger partial charge on any atom is -0.362 e. The van der Waals surface area contributed by atoms with Crippen LogP contribution in [-0.2, 0) is 0 Å². The molecule has 2 aromatic rings. The van der Waals surface area contributed by atoms with E-state index in [1.165, 1.54) is 6.07 Å². The van der Waals surface area contributed by atoms with Crippen molar-refractivity contribution in [1.29, 1.82) is 0 Å². The topological polar surface area (TPSA) is 81.6 Å². The van der Waals surface area contributed by atoms with Crippen LogP contribution < -0.4 is 0 Å². The second-order valence-corrected chi connectivity index (χ2v) is 7.72. The van der Waals surface area contributed by atoms with Crippen molar-refractivity contribution in [1.82, 2.24) is 15.2 Å². The Morgan fingerprint density at radius 1 is 1.28 bits per heavy atom. The molecule has 1 amide bonds. The number of hydrogen-bond donors (Lipinski definition) is 2. The van der Waals surface area contributed by atoms with Crippen molar-refractivity contribution in [3.05, 3.63) is 41.1 Å². The van der Waals surface area contributed by atoms with Gasteiger partial charge in [-0.15, -0.1) is 0 Å². The largest absolute Gasteiger partial charge is 0.439 e. The first-order chi connectivity index (χ1) is 13.6. The van der Waals surface area contributed by atoms with E-state index in [0.717, 1.165) is 16.7 Å². The number of benzene rings is 1. The number of hydrogen-bond acceptors (Lipinski definition) is 4. The van der Waals surface area contributed by atoms with Gasteiger partial charge in [-0.05, 0) is 44.7 Å². The van der Waals surface area contributed by atoms with Crippen molar-refractivity contribution in [3.8, 4) is 11.3 Å². The Kier molecular flexibility index (Phi) is 4.53. The summed E-state index contributed by atoms with van der Waals surface area (Å²) in [6, 6.07) is 7.06.